The molecule has 0 bridgehead atoms. The Morgan fingerprint density at radius 3 is 2.60 bits per heavy atom. The van der Waals surface area contributed by atoms with E-state index in [2.05, 4.69) is 5.92 Å². The lowest BCUT2D eigenvalue weighted by Gasteiger charge is -2.09. The van der Waals surface area contributed by atoms with Gasteiger partial charge in [-0.3, -0.25) is 4.79 Å². The molecule has 0 spiro atoms. The molecule has 0 saturated heterocycles. The van der Waals surface area contributed by atoms with Crippen LogP contribution in [0.1, 0.15) is 37.7 Å². The second-order valence-corrected chi connectivity index (χ2v) is 3.62. The van der Waals surface area contributed by atoms with Crippen LogP contribution in [-0.2, 0) is 4.79 Å². The van der Waals surface area contributed by atoms with Gasteiger partial charge in [0.15, 0.2) is 0 Å². The SMILES string of the molecule is C#C[C@@H](CC(=O)CCC)c1ccccc1. The third-order valence-electron chi connectivity index (χ3n) is 2.36. The topological polar surface area (TPSA) is 17.1 Å². The Labute approximate surface area is 91.5 Å². The van der Waals surface area contributed by atoms with Crippen molar-refractivity contribution in [2.75, 3.05) is 0 Å². The molecular weight excluding hydrogens is 184 g/mol. The number of rotatable bonds is 5. The molecule has 1 atom stereocenters. The highest BCUT2D eigenvalue weighted by molar-refractivity contribution is 5.79. The zero-order chi connectivity index (χ0) is 11.1. The number of hydrogen-bond acceptors (Lipinski definition) is 1. The quantitative estimate of drug-likeness (QED) is 0.667. The maximum Gasteiger partial charge on any atom is 0.134 e. The monoisotopic (exact) mass is 200 g/mol. The highest BCUT2D eigenvalue weighted by Crippen LogP contribution is 2.19. The Balaban J connectivity index is 2.66. The summed E-state index contributed by atoms with van der Waals surface area (Å²) in [5.41, 5.74) is 1.06. The predicted molar refractivity (Wildman–Crippen MR) is 62.5 cm³/mol. The molecule has 0 fully saturated rings. The van der Waals surface area contributed by atoms with Gasteiger partial charge in [0, 0.05) is 12.8 Å². The van der Waals surface area contributed by atoms with Crippen molar-refractivity contribution in [2.24, 2.45) is 0 Å². The Morgan fingerprint density at radius 1 is 1.40 bits per heavy atom. The summed E-state index contributed by atoms with van der Waals surface area (Å²) >= 11 is 0. The molecule has 0 aliphatic rings. The van der Waals surface area contributed by atoms with E-state index in [1.54, 1.807) is 0 Å². The van der Waals surface area contributed by atoms with E-state index in [1.807, 2.05) is 37.3 Å². The zero-order valence-corrected chi connectivity index (χ0v) is 9.07. The van der Waals surface area contributed by atoms with Crippen LogP contribution < -0.4 is 0 Å². The summed E-state index contributed by atoms with van der Waals surface area (Å²) in [6.45, 7) is 2.01. The fourth-order valence-electron chi connectivity index (χ4n) is 1.57. The van der Waals surface area contributed by atoms with Crippen LogP contribution in [0.4, 0.5) is 0 Å². The molecule has 15 heavy (non-hydrogen) atoms. The van der Waals surface area contributed by atoms with Crippen molar-refractivity contribution < 1.29 is 4.79 Å². The summed E-state index contributed by atoms with van der Waals surface area (Å²) < 4.78 is 0. The molecule has 0 N–H and O–H groups in total. The van der Waals surface area contributed by atoms with Crippen molar-refractivity contribution in [1.29, 1.82) is 0 Å². The summed E-state index contributed by atoms with van der Waals surface area (Å²) in [6, 6.07) is 9.80. The predicted octanol–water partition coefficient (Wildman–Crippen LogP) is 3.16. The van der Waals surface area contributed by atoms with E-state index in [4.69, 9.17) is 6.42 Å². The first-order valence-electron chi connectivity index (χ1n) is 5.30. The Hall–Kier alpha value is -1.55. The molecule has 0 heterocycles. The van der Waals surface area contributed by atoms with Gasteiger partial charge in [-0.15, -0.1) is 6.42 Å². The second-order valence-electron chi connectivity index (χ2n) is 3.62. The van der Waals surface area contributed by atoms with Crippen LogP contribution in [0.3, 0.4) is 0 Å². The van der Waals surface area contributed by atoms with E-state index >= 15 is 0 Å². The maximum atomic E-state index is 11.5. The molecule has 1 heteroatoms. The van der Waals surface area contributed by atoms with E-state index in [0.29, 0.717) is 12.8 Å². The molecule has 0 radical (unpaired) electrons. The molecule has 0 aliphatic carbocycles. The van der Waals surface area contributed by atoms with Crippen molar-refractivity contribution >= 4 is 5.78 Å². The van der Waals surface area contributed by atoms with Gasteiger partial charge < -0.3 is 0 Å². The molecule has 0 aromatic heterocycles. The zero-order valence-electron chi connectivity index (χ0n) is 9.07. The Kier molecular flexibility index (Phi) is 4.63. The Morgan fingerprint density at radius 2 is 2.07 bits per heavy atom. The van der Waals surface area contributed by atoms with Crippen molar-refractivity contribution in [3.63, 3.8) is 0 Å². The van der Waals surface area contributed by atoms with Gasteiger partial charge in [0.05, 0.1) is 5.92 Å². The van der Waals surface area contributed by atoms with Gasteiger partial charge in [0.1, 0.15) is 5.78 Å². The van der Waals surface area contributed by atoms with Crippen LogP contribution in [0.25, 0.3) is 0 Å². The number of carbonyl (C=O) groups excluding carboxylic acids is 1. The van der Waals surface area contributed by atoms with Crippen molar-refractivity contribution in [1.82, 2.24) is 0 Å². The summed E-state index contributed by atoms with van der Waals surface area (Å²) in [7, 11) is 0. The molecule has 1 rings (SSSR count). The number of terminal acetylenes is 1. The van der Waals surface area contributed by atoms with Gasteiger partial charge in [-0.05, 0) is 12.0 Å². The molecule has 1 nitrogen and oxygen atoms in total. The minimum Gasteiger partial charge on any atom is -0.300 e. The van der Waals surface area contributed by atoms with E-state index in [1.165, 1.54) is 0 Å². The van der Waals surface area contributed by atoms with Crippen molar-refractivity contribution in [2.45, 2.75) is 32.1 Å². The average molecular weight is 200 g/mol. The van der Waals surface area contributed by atoms with Gasteiger partial charge >= 0.3 is 0 Å². The maximum absolute atomic E-state index is 11.5. The smallest absolute Gasteiger partial charge is 0.134 e. The number of benzene rings is 1. The fraction of sp³-hybridized carbons (Fsp3) is 0.357. The highest BCUT2D eigenvalue weighted by atomic mass is 16.1. The average Bonchev–Trinajstić information content (AvgIpc) is 2.27. The second kappa shape index (κ2) is 6.03. The normalized spacial score (nSPS) is 11.7. The lowest BCUT2D eigenvalue weighted by molar-refractivity contribution is -0.119. The van der Waals surface area contributed by atoms with E-state index in [0.717, 1.165) is 12.0 Å². The fourth-order valence-corrected chi connectivity index (χ4v) is 1.57. The van der Waals surface area contributed by atoms with Crippen LogP contribution in [0.15, 0.2) is 30.3 Å². The summed E-state index contributed by atoms with van der Waals surface area (Å²) in [4.78, 5) is 11.5. The van der Waals surface area contributed by atoms with Crippen molar-refractivity contribution in [3.05, 3.63) is 35.9 Å². The molecule has 78 valence electrons. The number of carbonyl (C=O) groups is 1. The molecule has 1 aromatic carbocycles. The third-order valence-corrected chi connectivity index (χ3v) is 2.36. The summed E-state index contributed by atoms with van der Waals surface area (Å²) in [6.07, 6.45) is 7.44. The minimum absolute atomic E-state index is 0.0646. The lowest BCUT2D eigenvalue weighted by atomic mass is 9.93. The molecule has 0 saturated carbocycles. The van der Waals surface area contributed by atoms with Crippen LogP contribution in [0, 0.1) is 12.3 Å². The highest BCUT2D eigenvalue weighted by Gasteiger charge is 2.12. The summed E-state index contributed by atoms with van der Waals surface area (Å²) in [5.74, 6) is 2.88. The van der Waals surface area contributed by atoms with Gasteiger partial charge in [-0.2, -0.15) is 0 Å². The van der Waals surface area contributed by atoms with Crippen LogP contribution in [0.2, 0.25) is 0 Å². The molecular formula is C14H16O. The van der Waals surface area contributed by atoms with Gasteiger partial charge in [0.25, 0.3) is 0 Å². The van der Waals surface area contributed by atoms with Crippen LogP contribution in [0.5, 0.6) is 0 Å². The standard InChI is InChI=1S/C14H16O/c1-3-8-14(15)11-12(4-2)13-9-6-5-7-10-13/h2,5-7,9-10,12H,3,8,11H2,1H3/t12-/m0/s1. The van der Waals surface area contributed by atoms with Crippen molar-refractivity contribution in [3.8, 4) is 12.3 Å². The molecule has 0 aliphatic heterocycles. The van der Waals surface area contributed by atoms with E-state index < -0.39 is 0 Å². The number of ketones is 1. The van der Waals surface area contributed by atoms with Crippen LogP contribution in [-0.4, -0.2) is 5.78 Å². The van der Waals surface area contributed by atoms with Crippen LogP contribution >= 0.6 is 0 Å². The number of hydrogen-bond donors (Lipinski definition) is 0. The molecule has 1 aromatic rings. The van der Waals surface area contributed by atoms with E-state index in [-0.39, 0.29) is 11.7 Å². The lowest BCUT2D eigenvalue weighted by Crippen LogP contribution is -2.05. The third kappa shape index (κ3) is 3.59. The first kappa shape index (κ1) is 11.5. The molecule has 0 amide bonds. The minimum atomic E-state index is -0.0646. The largest absolute Gasteiger partial charge is 0.300 e. The first-order chi connectivity index (χ1) is 7.27. The van der Waals surface area contributed by atoms with Gasteiger partial charge in [-0.25, -0.2) is 0 Å². The Bertz CT molecular complexity index is 345. The van der Waals surface area contributed by atoms with Gasteiger partial charge in [0.2, 0.25) is 0 Å². The molecule has 0 unspecified atom stereocenters. The summed E-state index contributed by atoms with van der Waals surface area (Å²) in [5, 5.41) is 0. The first-order valence-corrected chi connectivity index (χ1v) is 5.30. The van der Waals surface area contributed by atoms with E-state index in [9.17, 15) is 4.79 Å². The number of Topliss-reactive ketones (excluding diaryl/α,β-unsaturated/α-hetero) is 1. The van der Waals surface area contributed by atoms with Gasteiger partial charge in [-0.1, -0.05) is 43.2 Å².